The van der Waals surface area contributed by atoms with Gasteiger partial charge in [0.1, 0.15) is 5.82 Å². The van der Waals surface area contributed by atoms with E-state index in [2.05, 4.69) is 5.32 Å². The summed E-state index contributed by atoms with van der Waals surface area (Å²) < 4.78 is 13.0. The van der Waals surface area contributed by atoms with E-state index in [1.165, 1.54) is 18.2 Å². The second-order valence-electron chi connectivity index (χ2n) is 3.79. The van der Waals surface area contributed by atoms with Gasteiger partial charge >= 0.3 is 0 Å². The molecule has 0 amide bonds. The number of rotatable bonds is 3. The van der Waals surface area contributed by atoms with Gasteiger partial charge in [-0.25, -0.2) is 4.39 Å². The number of ketones is 1. The first-order chi connectivity index (χ1) is 8.61. The van der Waals surface area contributed by atoms with Gasteiger partial charge in [-0.05, 0) is 42.5 Å². The lowest BCUT2D eigenvalue weighted by Gasteiger charge is -2.04. The lowest BCUT2D eigenvalue weighted by Crippen LogP contribution is -2.01. The predicted octanol–water partition coefficient (Wildman–Crippen LogP) is 3.75. The Morgan fingerprint density at radius 2 is 1.72 bits per heavy atom. The molecule has 0 aromatic heterocycles. The van der Waals surface area contributed by atoms with Crippen molar-refractivity contribution < 1.29 is 9.18 Å². The zero-order chi connectivity index (χ0) is 13.1. The summed E-state index contributed by atoms with van der Waals surface area (Å²) in [7, 11) is 1.80. The van der Waals surface area contributed by atoms with Crippen LogP contribution in [0, 0.1) is 5.82 Å². The summed E-state index contributed by atoms with van der Waals surface area (Å²) in [5.41, 5.74) is 1.83. The van der Waals surface area contributed by atoms with E-state index < -0.39 is 5.82 Å². The largest absolute Gasteiger partial charge is 0.388 e. The Morgan fingerprint density at radius 1 is 1.11 bits per heavy atom. The molecule has 18 heavy (non-hydrogen) atoms. The SMILES string of the molecule is CNc1ccc(C(=O)c2ccc(F)c(Cl)c2)cc1. The quantitative estimate of drug-likeness (QED) is 0.855. The third-order valence-corrected chi connectivity index (χ3v) is 2.91. The number of hydrogen-bond donors (Lipinski definition) is 1. The van der Waals surface area contributed by atoms with E-state index in [4.69, 9.17) is 11.6 Å². The van der Waals surface area contributed by atoms with Crippen LogP contribution in [0.15, 0.2) is 42.5 Å². The highest BCUT2D eigenvalue weighted by atomic mass is 35.5. The smallest absolute Gasteiger partial charge is 0.193 e. The van der Waals surface area contributed by atoms with E-state index >= 15 is 0 Å². The van der Waals surface area contributed by atoms with Gasteiger partial charge in [0.05, 0.1) is 5.02 Å². The molecule has 0 unspecified atom stereocenters. The highest BCUT2D eigenvalue weighted by Crippen LogP contribution is 2.19. The zero-order valence-electron chi connectivity index (χ0n) is 9.71. The minimum atomic E-state index is -0.529. The lowest BCUT2D eigenvalue weighted by molar-refractivity contribution is 0.103. The molecule has 0 fully saturated rings. The van der Waals surface area contributed by atoms with Crippen LogP contribution in [0.25, 0.3) is 0 Å². The molecule has 0 saturated heterocycles. The Kier molecular flexibility index (Phi) is 3.63. The molecule has 1 N–H and O–H groups in total. The Morgan fingerprint density at radius 3 is 2.28 bits per heavy atom. The number of anilines is 1. The fourth-order valence-corrected chi connectivity index (χ4v) is 1.77. The van der Waals surface area contributed by atoms with E-state index in [-0.39, 0.29) is 10.8 Å². The van der Waals surface area contributed by atoms with Crippen LogP contribution in [0.2, 0.25) is 5.02 Å². The lowest BCUT2D eigenvalue weighted by atomic mass is 10.0. The monoisotopic (exact) mass is 263 g/mol. The van der Waals surface area contributed by atoms with Crippen LogP contribution in [0.5, 0.6) is 0 Å². The fourth-order valence-electron chi connectivity index (χ4n) is 1.59. The molecule has 0 aliphatic carbocycles. The van der Waals surface area contributed by atoms with Crippen molar-refractivity contribution >= 4 is 23.1 Å². The van der Waals surface area contributed by atoms with E-state index in [9.17, 15) is 9.18 Å². The third kappa shape index (κ3) is 2.51. The van der Waals surface area contributed by atoms with E-state index in [1.807, 2.05) is 0 Å². The molecular weight excluding hydrogens is 253 g/mol. The molecule has 2 rings (SSSR count). The van der Waals surface area contributed by atoms with Gasteiger partial charge in [-0.1, -0.05) is 11.6 Å². The van der Waals surface area contributed by atoms with Crippen LogP contribution in [0.3, 0.4) is 0 Å². The van der Waals surface area contributed by atoms with Gasteiger partial charge < -0.3 is 5.32 Å². The van der Waals surface area contributed by atoms with Crippen molar-refractivity contribution in [3.63, 3.8) is 0 Å². The molecule has 0 bridgehead atoms. The van der Waals surface area contributed by atoms with Crippen molar-refractivity contribution in [1.82, 2.24) is 0 Å². The van der Waals surface area contributed by atoms with Crippen molar-refractivity contribution in [2.24, 2.45) is 0 Å². The molecule has 0 aliphatic rings. The molecule has 2 aromatic rings. The topological polar surface area (TPSA) is 29.1 Å². The minimum Gasteiger partial charge on any atom is -0.388 e. The minimum absolute atomic E-state index is 0.0484. The zero-order valence-corrected chi connectivity index (χ0v) is 10.5. The normalized spacial score (nSPS) is 10.2. The second-order valence-corrected chi connectivity index (χ2v) is 4.19. The number of nitrogens with one attached hydrogen (secondary N) is 1. The van der Waals surface area contributed by atoms with E-state index in [0.717, 1.165) is 5.69 Å². The van der Waals surface area contributed by atoms with Crippen molar-refractivity contribution in [3.8, 4) is 0 Å². The maximum absolute atomic E-state index is 13.0. The number of halogens is 2. The highest BCUT2D eigenvalue weighted by Gasteiger charge is 2.11. The average Bonchev–Trinajstić information content (AvgIpc) is 2.41. The predicted molar refractivity (Wildman–Crippen MR) is 70.8 cm³/mol. The highest BCUT2D eigenvalue weighted by molar-refractivity contribution is 6.31. The maximum Gasteiger partial charge on any atom is 0.193 e. The molecule has 92 valence electrons. The summed E-state index contributed by atoms with van der Waals surface area (Å²) in [5.74, 6) is -0.710. The summed E-state index contributed by atoms with van der Waals surface area (Å²) in [5, 5.41) is 2.92. The van der Waals surface area contributed by atoms with Crippen LogP contribution in [0.4, 0.5) is 10.1 Å². The summed E-state index contributed by atoms with van der Waals surface area (Å²) in [4.78, 5) is 12.1. The molecule has 2 nitrogen and oxygen atoms in total. The molecule has 4 heteroatoms. The standard InChI is InChI=1S/C14H11ClFNO/c1-17-11-5-2-9(3-6-11)14(18)10-4-7-13(16)12(15)8-10/h2-8,17H,1H3. The molecular formula is C14H11ClFNO. The molecule has 0 aliphatic heterocycles. The van der Waals surface area contributed by atoms with Crippen LogP contribution >= 0.6 is 11.6 Å². The third-order valence-electron chi connectivity index (χ3n) is 2.62. The maximum atomic E-state index is 13.0. The van der Waals surface area contributed by atoms with Gasteiger partial charge in [0, 0.05) is 23.9 Å². The first-order valence-electron chi connectivity index (χ1n) is 5.39. The van der Waals surface area contributed by atoms with Gasteiger partial charge in [-0.3, -0.25) is 4.79 Å². The Labute approximate surface area is 109 Å². The first kappa shape index (κ1) is 12.6. The number of carbonyl (C=O) groups is 1. The Balaban J connectivity index is 2.32. The summed E-state index contributed by atoms with van der Waals surface area (Å²) in [6.07, 6.45) is 0. The van der Waals surface area contributed by atoms with E-state index in [0.29, 0.717) is 11.1 Å². The summed E-state index contributed by atoms with van der Waals surface area (Å²) >= 11 is 5.66. The van der Waals surface area contributed by atoms with Gasteiger partial charge in [0.25, 0.3) is 0 Å². The van der Waals surface area contributed by atoms with Crippen LogP contribution in [-0.4, -0.2) is 12.8 Å². The van der Waals surface area contributed by atoms with Crippen LogP contribution in [0.1, 0.15) is 15.9 Å². The number of hydrogen-bond acceptors (Lipinski definition) is 2. The molecule has 0 saturated carbocycles. The van der Waals surface area contributed by atoms with Crippen LogP contribution < -0.4 is 5.32 Å². The van der Waals surface area contributed by atoms with Crippen molar-refractivity contribution in [2.75, 3.05) is 12.4 Å². The van der Waals surface area contributed by atoms with Crippen molar-refractivity contribution in [3.05, 3.63) is 64.4 Å². The van der Waals surface area contributed by atoms with Gasteiger partial charge in [-0.2, -0.15) is 0 Å². The number of benzene rings is 2. The van der Waals surface area contributed by atoms with E-state index in [1.54, 1.807) is 31.3 Å². The molecule has 0 heterocycles. The average molecular weight is 264 g/mol. The summed E-state index contributed by atoms with van der Waals surface area (Å²) in [6, 6.07) is 11.0. The fraction of sp³-hybridized carbons (Fsp3) is 0.0714. The van der Waals surface area contributed by atoms with Gasteiger partial charge in [0.2, 0.25) is 0 Å². The summed E-state index contributed by atoms with van der Waals surface area (Å²) in [6.45, 7) is 0. The van der Waals surface area contributed by atoms with Crippen molar-refractivity contribution in [1.29, 1.82) is 0 Å². The molecule has 0 radical (unpaired) electrons. The number of carbonyl (C=O) groups excluding carboxylic acids is 1. The Bertz CT molecular complexity index is 581. The first-order valence-corrected chi connectivity index (χ1v) is 5.77. The molecule has 0 atom stereocenters. The van der Waals surface area contributed by atoms with Gasteiger partial charge in [-0.15, -0.1) is 0 Å². The Hall–Kier alpha value is -1.87. The molecule has 2 aromatic carbocycles. The van der Waals surface area contributed by atoms with Crippen LogP contribution in [-0.2, 0) is 0 Å². The van der Waals surface area contributed by atoms with Gasteiger partial charge in [0.15, 0.2) is 5.78 Å². The van der Waals surface area contributed by atoms with Crippen molar-refractivity contribution in [2.45, 2.75) is 0 Å². The molecule has 0 spiro atoms. The second kappa shape index (κ2) is 5.19.